The Labute approximate surface area is 112 Å². The molecule has 1 saturated carbocycles. The van der Waals surface area contributed by atoms with Gasteiger partial charge in [0.1, 0.15) is 11.5 Å². The highest BCUT2D eigenvalue weighted by Crippen LogP contribution is 2.31. The van der Waals surface area contributed by atoms with Crippen molar-refractivity contribution in [3.05, 3.63) is 11.8 Å². The summed E-state index contributed by atoms with van der Waals surface area (Å²) in [4.78, 5) is 23.1. The van der Waals surface area contributed by atoms with Gasteiger partial charge in [-0.2, -0.15) is 18.3 Å². The predicted molar refractivity (Wildman–Crippen MR) is 63.7 cm³/mol. The second-order valence-corrected chi connectivity index (χ2v) is 4.97. The maximum atomic E-state index is 12.3. The van der Waals surface area contributed by atoms with Gasteiger partial charge in [-0.25, -0.2) is 0 Å². The molecule has 1 aliphatic rings. The van der Waals surface area contributed by atoms with Gasteiger partial charge < -0.3 is 5.32 Å². The first-order valence-electron chi connectivity index (χ1n) is 6.22. The molecule has 1 amide bonds. The van der Waals surface area contributed by atoms with Gasteiger partial charge in [-0.15, -0.1) is 0 Å². The number of ketones is 1. The second kappa shape index (κ2) is 5.26. The van der Waals surface area contributed by atoms with E-state index < -0.39 is 17.8 Å². The summed E-state index contributed by atoms with van der Waals surface area (Å²) >= 11 is 0. The summed E-state index contributed by atoms with van der Waals surface area (Å²) in [5.41, 5.74) is -1.02. The highest BCUT2D eigenvalue weighted by molar-refractivity contribution is 5.91. The van der Waals surface area contributed by atoms with Crippen molar-refractivity contribution >= 4 is 17.5 Å². The lowest BCUT2D eigenvalue weighted by molar-refractivity contribution is -0.141. The van der Waals surface area contributed by atoms with Crippen LogP contribution in [0.1, 0.15) is 31.9 Å². The molecule has 0 spiro atoms. The zero-order valence-corrected chi connectivity index (χ0v) is 10.8. The average molecular weight is 289 g/mol. The fraction of sp³-hybridized carbons (Fsp3) is 0.583. The normalized spacial score (nSPS) is 23.1. The van der Waals surface area contributed by atoms with Crippen LogP contribution in [0.4, 0.5) is 19.0 Å². The third kappa shape index (κ3) is 3.17. The largest absolute Gasteiger partial charge is 0.432 e. The molecule has 0 bridgehead atoms. The number of hydrogen-bond donors (Lipinski definition) is 2. The van der Waals surface area contributed by atoms with Crippen LogP contribution in [0, 0.1) is 11.8 Å². The molecular formula is C12H14F3N3O2. The van der Waals surface area contributed by atoms with Crippen molar-refractivity contribution in [1.29, 1.82) is 0 Å². The molecule has 2 atom stereocenters. The lowest BCUT2D eigenvalue weighted by Crippen LogP contribution is -2.19. The van der Waals surface area contributed by atoms with E-state index >= 15 is 0 Å². The van der Waals surface area contributed by atoms with Gasteiger partial charge in [0.05, 0.1) is 0 Å². The molecule has 0 aliphatic heterocycles. The number of nitrogens with one attached hydrogen (secondary N) is 2. The molecule has 2 rings (SSSR count). The van der Waals surface area contributed by atoms with Gasteiger partial charge in [0.25, 0.3) is 0 Å². The minimum Gasteiger partial charge on any atom is -0.309 e. The number of rotatable bonds is 3. The Bertz CT molecular complexity index is 524. The number of hydrogen-bond acceptors (Lipinski definition) is 3. The van der Waals surface area contributed by atoms with Crippen LogP contribution in [0.25, 0.3) is 0 Å². The number of halogens is 3. The zero-order chi connectivity index (χ0) is 14.9. The summed E-state index contributed by atoms with van der Waals surface area (Å²) < 4.78 is 37.0. The SMILES string of the molecule is CC1C(=O)CCC1CC(=O)Nc1cc(C(F)(F)F)[nH]n1. The van der Waals surface area contributed by atoms with E-state index in [-0.39, 0.29) is 29.9 Å². The predicted octanol–water partition coefficient (Wildman–Crippen LogP) is 2.37. The molecular weight excluding hydrogens is 275 g/mol. The summed E-state index contributed by atoms with van der Waals surface area (Å²) in [7, 11) is 0. The van der Waals surface area contributed by atoms with Gasteiger partial charge in [0, 0.05) is 24.8 Å². The monoisotopic (exact) mass is 289 g/mol. The molecule has 110 valence electrons. The number of carbonyl (C=O) groups is 2. The van der Waals surface area contributed by atoms with Crippen molar-refractivity contribution in [1.82, 2.24) is 10.2 Å². The number of anilines is 1. The number of nitrogens with zero attached hydrogens (tertiary/aromatic N) is 1. The first kappa shape index (κ1) is 14.5. The van der Waals surface area contributed by atoms with Crippen LogP contribution < -0.4 is 5.32 Å². The molecule has 5 nitrogen and oxygen atoms in total. The number of carbonyl (C=O) groups excluding carboxylic acids is 2. The molecule has 0 aromatic carbocycles. The Morgan fingerprint density at radius 1 is 1.55 bits per heavy atom. The lowest BCUT2D eigenvalue weighted by Gasteiger charge is -2.12. The molecule has 8 heteroatoms. The zero-order valence-electron chi connectivity index (χ0n) is 10.8. The quantitative estimate of drug-likeness (QED) is 0.897. The van der Waals surface area contributed by atoms with E-state index in [4.69, 9.17) is 0 Å². The van der Waals surface area contributed by atoms with Crippen LogP contribution in [0.3, 0.4) is 0 Å². The number of aromatic nitrogens is 2. The Hall–Kier alpha value is -1.86. The van der Waals surface area contributed by atoms with Gasteiger partial charge in [-0.05, 0) is 12.3 Å². The van der Waals surface area contributed by atoms with Gasteiger partial charge >= 0.3 is 6.18 Å². The minimum atomic E-state index is -4.53. The molecule has 20 heavy (non-hydrogen) atoms. The van der Waals surface area contributed by atoms with Gasteiger partial charge in [-0.3, -0.25) is 14.7 Å². The number of aromatic amines is 1. The van der Waals surface area contributed by atoms with Crippen LogP contribution in [0.2, 0.25) is 0 Å². The summed E-state index contributed by atoms with van der Waals surface area (Å²) in [5.74, 6) is -0.702. The first-order chi connectivity index (χ1) is 9.27. The number of Topliss-reactive ketones (excluding diaryl/α,β-unsaturated/α-hetero) is 1. The van der Waals surface area contributed by atoms with Crippen molar-refractivity contribution in [3.63, 3.8) is 0 Å². The van der Waals surface area contributed by atoms with E-state index in [9.17, 15) is 22.8 Å². The molecule has 1 aromatic rings. The Balaban J connectivity index is 1.92. The Morgan fingerprint density at radius 3 is 2.75 bits per heavy atom. The fourth-order valence-electron chi connectivity index (χ4n) is 2.31. The molecule has 2 N–H and O–H groups in total. The Kier molecular flexibility index (Phi) is 3.82. The maximum absolute atomic E-state index is 12.3. The third-order valence-corrected chi connectivity index (χ3v) is 3.57. The van der Waals surface area contributed by atoms with Crippen LogP contribution in [0.15, 0.2) is 6.07 Å². The topological polar surface area (TPSA) is 74.8 Å². The standard InChI is InChI=1S/C12H14F3N3O2/c1-6-7(2-3-8(6)19)4-11(20)16-10-5-9(17-18-10)12(13,14)15/h5-7H,2-4H2,1H3,(H2,16,17,18,20). The van der Waals surface area contributed by atoms with E-state index in [1.54, 1.807) is 6.92 Å². The van der Waals surface area contributed by atoms with Crippen molar-refractivity contribution in [3.8, 4) is 0 Å². The van der Waals surface area contributed by atoms with E-state index in [1.165, 1.54) is 0 Å². The van der Waals surface area contributed by atoms with Crippen molar-refractivity contribution in [2.24, 2.45) is 11.8 Å². The summed E-state index contributed by atoms with van der Waals surface area (Å²) in [5, 5.41) is 7.51. The fourth-order valence-corrected chi connectivity index (χ4v) is 2.31. The molecule has 1 heterocycles. The number of H-pyrrole nitrogens is 1. The highest BCUT2D eigenvalue weighted by atomic mass is 19.4. The van der Waals surface area contributed by atoms with Crippen molar-refractivity contribution in [2.45, 2.75) is 32.4 Å². The lowest BCUT2D eigenvalue weighted by atomic mass is 9.94. The van der Waals surface area contributed by atoms with Crippen molar-refractivity contribution < 1.29 is 22.8 Å². The van der Waals surface area contributed by atoms with Gasteiger partial charge in [-0.1, -0.05) is 6.92 Å². The molecule has 0 radical (unpaired) electrons. The van der Waals surface area contributed by atoms with E-state index in [0.717, 1.165) is 6.07 Å². The summed E-state index contributed by atoms with van der Waals surface area (Å²) in [6.07, 6.45) is -3.31. The van der Waals surface area contributed by atoms with Crippen LogP contribution >= 0.6 is 0 Å². The first-order valence-corrected chi connectivity index (χ1v) is 6.22. The molecule has 2 unspecified atom stereocenters. The van der Waals surface area contributed by atoms with Crippen LogP contribution in [0.5, 0.6) is 0 Å². The van der Waals surface area contributed by atoms with E-state index in [2.05, 4.69) is 10.4 Å². The van der Waals surface area contributed by atoms with Crippen molar-refractivity contribution in [2.75, 3.05) is 5.32 Å². The number of amides is 1. The molecule has 1 fully saturated rings. The molecule has 0 saturated heterocycles. The molecule has 1 aromatic heterocycles. The smallest absolute Gasteiger partial charge is 0.309 e. The van der Waals surface area contributed by atoms with E-state index in [0.29, 0.717) is 12.8 Å². The maximum Gasteiger partial charge on any atom is 0.432 e. The Morgan fingerprint density at radius 2 is 2.25 bits per heavy atom. The molecule has 1 aliphatic carbocycles. The van der Waals surface area contributed by atoms with Gasteiger partial charge in [0.15, 0.2) is 5.82 Å². The minimum absolute atomic E-state index is 0.0523. The van der Waals surface area contributed by atoms with Crippen LogP contribution in [-0.4, -0.2) is 21.9 Å². The highest BCUT2D eigenvalue weighted by Gasteiger charge is 2.34. The second-order valence-electron chi connectivity index (χ2n) is 4.97. The van der Waals surface area contributed by atoms with Gasteiger partial charge in [0.2, 0.25) is 5.91 Å². The summed E-state index contributed by atoms with van der Waals surface area (Å²) in [6, 6.07) is 0.737. The van der Waals surface area contributed by atoms with Crippen LogP contribution in [-0.2, 0) is 15.8 Å². The average Bonchev–Trinajstić information content (AvgIpc) is 2.91. The summed E-state index contributed by atoms with van der Waals surface area (Å²) in [6.45, 7) is 1.77. The number of alkyl halides is 3. The third-order valence-electron chi connectivity index (χ3n) is 3.57. The van der Waals surface area contributed by atoms with E-state index in [1.807, 2.05) is 5.10 Å².